The summed E-state index contributed by atoms with van der Waals surface area (Å²) in [6, 6.07) is 7.52. The lowest BCUT2D eigenvalue weighted by atomic mass is 10.1. The first-order valence-corrected chi connectivity index (χ1v) is 5.14. The lowest BCUT2D eigenvalue weighted by molar-refractivity contribution is 0.789. The van der Waals surface area contributed by atoms with Gasteiger partial charge in [0, 0.05) is 0 Å². The fraction of sp³-hybridized carbons (Fsp3) is 0.100. The van der Waals surface area contributed by atoms with Gasteiger partial charge in [-0.2, -0.15) is 5.10 Å². The minimum absolute atomic E-state index is 0.0698. The molecule has 92 valence electrons. The zero-order valence-electron chi connectivity index (χ0n) is 9.72. The highest BCUT2D eigenvalue weighted by Gasteiger charge is 2.00. The van der Waals surface area contributed by atoms with Crippen LogP contribution in [0.25, 0.3) is 5.69 Å². The van der Waals surface area contributed by atoms with Crippen LogP contribution in [0, 0.1) is 0 Å². The molecule has 8 heteroatoms. The molecule has 2 aromatic rings. The second kappa shape index (κ2) is 5.04. The van der Waals surface area contributed by atoms with E-state index < -0.39 is 0 Å². The monoisotopic (exact) mass is 244 g/mol. The van der Waals surface area contributed by atoms with E-state index in [1.54, 1.807) is 4.68 Å². The van der Waals surface area contributed by atoms with Crippen molar-refractivity contribution in [3.05, 3.63) is 36.2 Å². The van der Waals surface area contributed by atoms with Crippen molar-refractivity contribution >= 4 is 11.7 Å². The van der Waals surface area contributed by atoms with E-state index in [9.17, 15) is 0 Å². The number of rotatable bonds is 3. The van der Waals surface area contributed by atoms with Crippen molar-refractivity contribution in [1.29, 1.82) is 0 Å². The summed E-state index contributed by atoms with van der Waals surface area (Å²) >= 11 is 0. The zero-order chi connectivity index (χ0) is 13.0. The van der Waals surface area contributed by atoms with Crippen LogP contribution in [0.5, 0.6) is 0 Å². The lowest BCUT2D eigenvalue weighted by Gasteiger charge is -2.02. The summed E-state index contributed by atoms with van der Waals surface area (Å²) in [5.74, 6) is -0.0698. The summed E-state index contributed by atoms with van der Waals surface area (Å²) < 4.78 is 1.56. The van der Waals surface area contributed by atoms with Crippen molar-refractivity contribution in [1.82, 2.24) is 20.2 Å². The Morgan fingerprint density at radius 1 is 1.17 bits per heavy atom. The highest BCUT2D eigenvalue weighted by atomic mass is 15.5. The Morgan fingerprint density at radius 3 is 2.44 bits per heavy atom. The van der Waals surface area contributed by atoms with E-state index in [-0.39, 0.29) is 5.96 Å². The smallest absolute Gasteiger partial charge is 0.211 e. The molecule has 1 aromatic carbocycles. The van der Waals surface area contributed by atoms with E-state index >= 15 is 0 Å². The zero-order valence-corrected chi connectivity index (χ0v) is 9.72. The molecule has 18 heavy (non-hydrogen) atoms. The molecular weight excluding hydrogens is 232 g/mol. The Hall–Kier alpha value is -2.77. The van der Waals surface area contributed by atoms with Crippen molar-refractivity contribution in [2.45, 2.75) is 6.92 Å². The Morgan fingerprint density at radius 2 is 1.89 bits per heavy atom. The van der Waals surface area contributed by atoms with Crippen molar-refractivity contribution < 1.29 is 0 Å². The first-order chi connectivity index (χ1) is 8.66. The van der Waals surface area contributed by atoms with Crippen LogP contribution in [0.15, 0.2) is 40.8 Å². The fourth-order valence-corrected chi connectivity index (χ4v) is 1.33. The molecule has 0 bridgehead atoms. The van der Waals surface area contributed by atoms with Crippen molar-refractivity contribution in [2.75, 3.05) is 0 Å². The second-order valence-corrected chi connectivity index (χ2v) is 3.51. The van der Waals surface area contributed by atoms with Crippen LogP contribution < -0.4 is 11.5 Å². The molecule has 1 aromatic heterocycles. The molecule has 0 unspecified atom stereocenters. The summed E-state index contributed by atoms with van der Waals surface area (Å²) in [4.78, 5) is 0. The molecule has 0 atom stereocenters. The third-order valence-corrected chi connectivity index (χ3v) is 2.21. The molecule has 0 spiro atoms. The van der Waals surface area contributed by atoms with Gasteiger partial charge in [-0.15, -0.1) is 10.2 Å². The molecule has 0 aliphatic rings. The maximum absolute atomic E-state index is 5.20. The topological polar surface area (TPSA) is 120 Å². The molecule has 0 saturated carbocycles. The third kappa shape index (κ3) is 2.67. The molecule has 0 radical (unpaired) electrons. The van der Waals surface area contributed by atoms with E-state index in [2.05, 4.69) is 25.7 Å². The number of benzene rings is 1. The van der Waals surface area contributed by atoms with Gasteiger partial charge in [0.05, 0.1) is 11.4 Å². The quantitative estimate of drug-likeness (QED) is 0.434. The number of nitrogens with zero attached hydrogens (tertiary/aromatic N) is 6. The predicted octanol–water partition coefficient (Wildman–Crippen LogP) is -0.340. The van der Waals surface area contributed by atoms with E-state index in [1.165, 1.54) is 6.33 Å². The molecular formula is C10H12N8. The van der Waals surface area contributed by atoms with Gasteiger partial charge in [-0.25, -0.2) is 4.68 Å². The van der Waals surface area contributed by atoms with Crippen LogP contribution >= 0.6 is 0 Å². The van der Waals surface area contributed by atoms with E-state index in [0.29, 0.717) is 5.71 Å². The molecule has 0 amide bonds. The predicted molar refractivity (Wildman–Crippen MR) is 67.2 cm³/mol. The van der Waals surface area contributed by atoms with Gasteiger partial charge in [-0.3, -0.25) is 0 Å². The van der Waals surface area contributed by atoms with Crippen LogP contribution in [-0.4, -0.2) is 31.9 Å². The van der Waals surface area contributed by atoms with Crippen LogP contribution in [0.4, 0.5) is 0 Å². The highest BCUT2D eigenvalue weighted by Crippen LogP contribution is 2.08. The van der Waals surface area contributed by atoms with Gasteiger partial charge in [0.25, 0.3) is 0 Å². The summed E-state index contributed by atoms with van der Waals surface area (Å²) in [6.07, 6.45) is 1.52. The number of tetrazole rings is 1. The lowest BCUT2D eigenvalue weighted by Crippen LogP contribution is -2.22. The fourth-order valence-electron chi connectivity index (χ4n) is 1.33. The van der Waals surface area contributed by atoms with E-state index in [0.717, 1.165) is 11.3 Å². The molecule has 0 fully saturated rings. The highest BCUT2D eigenvalue weighted by molar-refractivity contribution is 5.99. The van der Waals surface area contributed by atoms with Gasteiger partial charge in [0.15, 0.2) is 0 Å². The number of guanidine groups is 1. The summed E-state index contributed by atoms with van der Waals surface area (Å²) in [6.45, 7) is 1.82. The Labute approximate surface area is 103 Å². The molecule has 0 aliphatic heterocycles. The number of aromatic nitrogens is 4. The van der Waals surface area contributed by atoms with Crippen molar-refractivity contribution in [3.63, 3.8) is 0 Å². The molecule has 1 heterocycles. The van der Waals surface area contributed by atoms with E-state index in [1.807, 2.05) is 31.2 Å². The molecule has 0 saturated heterocycles. The van der Waals surface area contributed by atoms with Crippen LogP contribution in [0.3, 0.4) is 0 Å². The number of hydrogen-bond donors (Lipinski definition) is 2. The van der Waals surface area contributed by atoms with Gasteiger partial charge >= 0.3 is 0 Å². The second-order valence-electron chi connectivity index (χ2n) is 3.51. The Kier molecular flexibility index (Phi) is 3.28. The van der Waals surface area contributed by atoms with Crippen LogP contribution in [-0.2, 0) is 0 Å². The van der Waals surface area contributed by atoms with Crippen LogP contribution in [0.2, 0.25) is 0 Å². The normalized spacial score (nSPS) is 11.3. The number of hydrogen-bond acceptors (Lipinski definition) is 5. The van der Waals surface area contributed by atoms with E-state index in [4.69, 9.17) is 11.5 Å². The van der Waals surface area contributed by atoms with Gasteiger partial charge in [0.2, 0.25) is 5.96 Å². The standard InChI is InChI=1S/C10H12N8/c1-7(14-15-10(11)12)8-2-4-9(5-3-8)18-6-13-16-17-18/h2-6H,1H3,(H4,11,12,15)/b14-7-. The average Bonchev–Trinajstić information content (AvgIpc) is 2.90. The van der Waals surface area contributed by atoms with Gasteiger partial charge < -0.3 is 11.5 Å². The van der Waals surface area contributed by atoms with Gasteiger partial charge in [-0.1, -0.05) is 12.1 Å². The molecule has 4 N–H and O–H groups in total. The summed E-state index contributed by atoms with van der Waals surface area (Å²) in [7, 11) is 0. The Balaban J connectivity index is 2.23. The minimum atomic E-state index is -0.0698. The van der Waals surface area contributed by atoms with Gasteiger partial charge in [0.1, 0.15) is 6.33 Å². The average molecular weight is 244 g/mol. The first kappa shape index (κ1) is 11.7. The largest absolute Gasteiger partial charge is 0.369 e. The maximum Gasteiger partial charge on any atom is 0.211 e. The van der Waals surface area contributed by atoms with Crippen molar-refractivity contribution in [3.8, 4) is 5.69 Å². The van der Waals surface area contributed by atoms with Gasteiger partial charge in [-0.05, 0) is 35.0 Å². The van der Waals surface area contributed by atoms with Crippen LogP contribution in [0.1, 0.15) is 12.5 Å². The molecule has 8 nitrogen and oxygen atoms in total. The SMILES string of the molecule is C/C(=N/N=C(N)N)c1ccc(-n2cnnn2)cc1. The minimum Gasteiger partial charge on any atom is -0.369 e. The molecule has 2 rings (SSSR count). The maximum atomic E-state index is 5.20. The summed E-state index contributed by atoms with van der Waals surface area (Å²) in [5.41, 5.74) is 12.9. The first-order valence-electron chi connectivity index (χ1n) is 5.14. The van der Waals surface area contributed by atoms with Crippen molar-refractivity contribution in [2.24, 2.45) is 21.7 Å². The number of nitrogens with two attached hydrogens (primary N) is 2. The summed E-state index contributed by atoms with van der Waals surface area (Å²) in [5, 5.41) is 18.4. The third-order valence-electron chi connectivity index (χ3n) is 2.21. The Bertz CT molecular complexity index is 562. The molecule has 0 aliphatic carbocycles.